The van der Waals surface area contributed by atoms with E-state index in [0.29, 0.717) is 11.6 Å². The lowest BCUT2D eigenvalue weighted by Gasteiger charge is -2.12. The molecular weight excluding hydrogens is 332 g/mol. The van der Waals surface area contributed by atoms with Gasteiger partial charge >= 0.3 is 0 Å². The molecule has 0 aliphatic rings. The number of rotatable bonds is 7. The first-order valence-electron chi connectivity index (χ1n) is 8.56. The molecule has 0 bridgehead atoms. The highest BCUT2D eigenvalue weighted by atomic mass is 32.2. The minimum atomic E-state index is -0.128. The Balaban J connectivity index is 2.05. The van der Waals surface area contributed by atoms with Gasteiger partial charge in [-0.25, -0.2) is 0 Å². The standard InChI is InChI=1S/C20H26N2O2S/c1-13(2)10-15-6-5-9-21-18(15)12-25-16-7-8-17(19(23)11-16)22-20(24)14(3)4/h5-9,11,13-14,23H,10,12H2,1-4H3,(H,22,24). The first-order chi connectivity index (χ1) is 11.9. The van der Waals surface area contributed by atoms with Gasteiger partial charge in [0.2, 0.25) is 5.91 Å². The van der Waals surface area contributed by atoms with Gasteiger partial charge in [0, 0.05) is 22.8 Å². The Morgan fingerprint density at radius 2 is 2.00 bits per heavy atom. The summed E-state index contributed by atoms with van der Waals surface area (Å²) in [5.41, 5.74) is 2.80. The molecule has 0 saturated heterocycles. The first-order valence-corrected chi connectivity index (χ1v) is 9.54. The number of pyridine rings is 1. The summed E-state index contributed by atoms with van der Waals surface area (Å²) in [6.07, 6.45) is 2.83. The van der Waals surface area contributed by atoms with Crippen molar-refractivity contribution in [1.29, 1.82) is 0 Å². The maximum Gasteiger partial charge on any atom is 0.227 e. The highest BCUT2D eigenvalue weighted by Crippen LogP contribution is 2.31. The van der Waals surface area contributed by atoms with Gasteiger partial charge < -0.3 is 10.4 Å². The molecule has 0 unspecified atom stereocenters. The van der Waals surface area contributed by atoms with Crippen LogP contribution in [0.3, 0.4) is 0 Å². The first kappa shape index (κ1) is 19.3. The topological polar surface area (TPSA) is 62.2 Å². The van der Waals surface area contributed by atoms with E-state index in [4.69, 9.17) is 0 Å². The lowest BCUT2D eigenvalue weighted by atomic mass is 10.0. The number of aromatic hydroxyl groups is 1. The van der Waals surface area contributed by atoms with Crippen molar-refractivity contribution in [3.05, 3.63) is 47.8 Å². The third-order valence-corrected chi connectivity index (χ3v) is 4.74. The molecule has 2 rings (SSSR count). The number of nitrogens with one attached hydrogen (secondary N) is 1. The summed E-state index contributed by atoms with van der Waals surface area (Å²) in [5, 5.41) is 12.9. The van der Waals surface area contributed by atoms with Gasteiger partial charge in [0.15, 0.2) is 0 Å². The maximum atomic E-state index is 11.7. The average molecular weight is 359 g/mol. The monoisotopic (exact) mass is 358 g/mol. The number of hydrogen-bond acceptors (Lipinski definition) is 4. The lowest BCUT2D eigenvalue weighted by Crippen LogP contribution is -2.17. The third kappa shape index (κ3) is 5.78. The molecule has 1 aromatic heterocycles. The van der Waals surface area contributed by atoms with Crippen LogP contribution < -0.4 is 5.32 Å². The molecule has 0 saturated carbocycles. The number of benzene rings is 1. The van der Waals surface area contributed by atoms with Crippen LogP contribution in [0.15, 0.2) is 41.4 Å². The van der Waals surface area contributed by atoms with E-state index >= 15 is 0 Å². The summed E-state index contributed by atoms with van der Waals surface area (Å²) in [6, 6.07) is 9.44. The van der Waals surface area contributed by atoms with Gasteiger partial charge in [-0.05, 0) is 42.2 Å². The van der Waals surface area contributed by atoms with Crippen LogP contribution >= 0.6 is 11.8 Å². The molecule has 5 heteroatoms. The Hall–Kier alpha value is -2.01. The molecule has 134 valence electrons. The van der Waals surface area contributed by atoms with Crippen LogP contribution in [0.4, 0.5) is 5.69 Å². The fraction of sp³-hybridized carbons (Fsp3) is 0.400. The molecule has 0 atom stereocenters. The zero-order chi connectivity index (χ0) is 18.4. The second-order valence-electron chi connectivity index (χ2n) is 6.82. The van der Waals surface area contributed by atoms with Crippen LogP contribution in [0.25, 0.3) is 0 Å². The fourth-order valence-electron chi connectivity index (χ4n) is 2.36. The van der Waals surface area contributed by atoms with Gasteiger partial charge in [-0.1, -0.05) is 33.8 Å². The predicted molar refractivity (Wildman–Crippen MR) is 104 cm³/mol. The number of phenolic OH excluding ortho intramolecular Hbond substituents is 1. The molecule has 0 spiro atoms. The molecule has 1 amide bonds. The smallest absolute Gasteiger partial charge is 0.227 e. The molecule has 0 radical (unpaired) electrons. The maximum absolute atomic E-state index is 11.7. The van der Waals surface area contributed by atoms with Crippen molar-refractivity contribution in [2.24, 2.45) is 11.8 Å². The van der Waals surface area contributed by atoms with E-state index in [1.165, 1.54) is 5.56 Å². The second kappa shape index (κ2) is 8.90. The van der Waals surface area contributed by atoms with Crippen LogP contribution in [0.1, 0.15) is 39.0 Å². The van der Waals surface area contributed by atoms with Crippen LogP contribution in [0.2, 0.25) is 0 Å². The second-order valence-corrected chi connectivity index (χ2v) is 7.87. The van der Waals surface area contributed by atoms with Gasteiger partial charge in [-0.2, -0.15) is 0 Å². The van der Waals surface area contributed by atoms with E-state index in [0.717, 1.165) is 22.8 Å². The number of aromatic nitrogens is 1. The van der Waals surface area contributed by atoms with Gasteiger partial charge in [-0.15, -0.1) is 11.8 Å². The number of thioether (sulfide) groups is 1. The van der Waals surface area contributed by atoms with Gasteiger partial charge in [-0.3, -0.25) is 9.78 Å². The van der Waals surface area contributed by atoms with Crippen molar-refractivity contribution in [2.45, 2.75) is 44.8 Å². The molecule has 0 fully saturated rings. The molecule has 1 heterocycles. The molecule has 2 aromatic rings. The summed E-state index contributed by atoms with van der Waals surface area (Å²) in [5.74, 6) is 1.18. The zero-order valence-corrected chi connectivity index (χ0v) is 16.1. The van der Waals surface area contributed by atoms with Crippen molar-refractivity contribution in [3.63, 3.8) is 0 Å². The molecule has 2 N–H and O–H groups in total. The van der Waals surface area contributed by atoms with Crippen LogP contribution in [0.5, 0.6) is 5.75 Å². The summed E-state index contributed by atoms with van der Waals surface area (Å²) >= 11 is 1.63. The molecule has 0 aliphatic carbocycles. The van der Waals surface area contributed by atoms with Crippen molar-refractivity contribution in [2.75, 3.05) is 5.32 Å². The van der Waals surface area contributed by atoms with E-state index in [1.54, 1.807) is 23.9 Å². The highest BCUT2D eigenvalue weighted by Gasteiger charge is 2.11. The largest absolute Gasteiger partial charge is 0.506 e. The number of carbonyl (C=O) groups excluding carboxylic acids is 1. The van der Waals surface area contributed by atoms with Crippen LogP contribution in [-0.4, -0.2) is 16.0 Å². The molecule has 25 heavy (non-hydrogen) atoms. The number of amides is 1. The Bertz CT molecular complexity index is 729. The fourth-order valence-corrected chi connectivity index (χ4v) is 3.29. The van der Waals surface area contributed by atoms with E-state index in [9.17, 15) is 9.90 Å². The summed E-state index contributed by atoms with van der Waals surface area (Å²) in [4.78, 5) is 17.2. The van der Waals surface area contributed by atoms with E-state index in [1.807, 2.05) is 32.2 Å². The Kier molecular flexibility index (Phi) is 6.88. The number of phenols is 1. The Labute approximate surface area is 154 Å². The lowest BCUT2D eigenvalue weighted by molar-refractivity contribution is -0.118. The van der Waals surface area contributed by atoms with E-state index in [-0.39, 0.29) is 17.6 Å². The number of nitrogens with zero attached hydrogens (tertiary/aromatic N) is 1. The Morgan fingerprint density at radius 3 is 2.64 bits per heavy atom. The van der Waals surface area contributed by atoms with Crippen molar-refractivity contribution < 1.29 is 9.90 Å². The van der Waals surface area contributed by atoms with E-state index < -0.39 is 0 Å². The van der Waals surface area contributed by atoms with Crippen molar-refractivity contribution >= 4 is 23.4 Å². The molecule has 4 nitrogen and oxygen atoms in total. The van der Waals surface area contributed by atoms with Gasteiger partial charge in [0.05, 0.1) is 11.4 Å². The SMILES string of the molecule is CC(C)Cc1cccnc1CSc1ccc(NC(=O)C(C)C)c(O)c1. The van der Waals surface area contributed by atoms with E-state index in [2.05, 4.69) is 30.2 Å². The minimum Gasteiger partial charge on any atom is -0.506 e. The average Bonchev–Trinajstić information content (AvgIpc) is 2.55. The van der Waals surface area contributed by atoms with Gasteiger partial charge in [0.1, 0.15) is 5.75 Å². The summed E-state index contributed by atoms with van der Waals surface area (Å²) in [7, 11) is 0. The Morgan fingerprint density at radius 1 is 1.24 bits per heavy atom. The normalized spacial score (nSPS) is 11.1. The summed E-state index contributed by atoms with van der Waals surface area (Å²) in [6.45, 7) is 8.04. The third-order valence-electron chi connectivity index (χ3n) is 3.74. The molecular formula is C20H26N2O2S. The number of hydrogen-bond donors (Lipinski definition) is 2. The zero-order valence-electron chi connectivity index (χ0n) is 15.2. The van der Waals surface area contributed by atoms with Crippen LogP contribution in [-0.2, 0) is 17.0 Å². The van der Waals surface area contributed by atoms with Crippen LogP contribution in [0, 0.1) is 11.8 Å². The summed E-state index contributed by atoms with van der Waals surface area (Å²) < 4.78 is 0. The number of anilines is 1. The van der Waals surface area contributed by atoms with Crippen molar-refractivity contribution in [3.8, 4) is 5.75 Å². The molecule has 0 aliphatic heterocycles. The minimum absolute atomic E-state index is 0.0856. The number of carbonyl (C=O) groups is 1. The van der Waals surface area contributed by atoms with Gasteiger partial charge in [0.25, 0.3) is 0 Å². The van der Waals surface area contributed by atoms with Crippen molar-refractivity contribution in [1.82, 2.24) is 4.98 Å². The predicted octanol–water partition coefficient (Wildman–Crippen LogP) is 4.87. The molecule has 1 aromatic carbocycles. The quantitative estimate of drug-likeness (QED) is 0.547. The highest BCUT2D eigenvalue weighted by molar-refractivity contribution is 7.98.